The van der Waals surface area contributed by atoms with E-state index in [2.05, 4.69) is 28.0 Å². The van der Waals surface area contributed by atoms with Crippen LogP contribution in [0.3, 0.4) is 0 Å². The number of hydrogen-bond acceptors (Lipinski definition) is 2. The fourth-order valence-corrected chi connectivity index (χ4v) is 0.218. The lowest BCUT2D eigenvalue weighted by atomic mass is 10.5. The van der Waals surface area contributed by atoms with Gasteiger partial charge in [0.25, 0.3) is 0 Å². The minimum atomic E-state index is -0.700. The van der Waals surface area contributed by atoms with Crippen molar-refractivity contribution in [1.29, 1.82) is 0 Å². The van der Waals surface area contributed by atoms with E-state index in [0.717, 1.165) is 0 Å². The molecule has 0 bridgehead atoms. The first-order valence-corrected chi connectivity index (χ1v) is 2.43. The van der Waals surface area contributed by atoms with Crippen LogP contribution in [-0.4, -0.2) is 5.97 Å². The minimum Gasteiger partial charge on any atom is -0.337 e. The van der Waals surface area contributed by atoms with Gasteiger partial charge in [0.2, 0.25) is 0 Å². The third-order valence-corrected chi connectivity index (χ3v) is 0.577. The average molecular weight is 133 g/mol. The summed E-state index contributed by atoms with van der Waals surface area (Å²) in [4.78, 5) is 10.0. The molecule has 3 heteroatoms. The van der Waals surface area contributed by atoms with Crippen LogP contribution in [0, 0.1) is 11.8 Å². The summed E-state index contributed by atoms with van der Waals surface area (Å²) in [6.07, 6.45) is 0.631. The van der Waals surface area contributed by atoms with Crippen molar-refractivity contribution in [2.24, 2.45) is 0 Å². The summed E-state index contributed by atoms with van der Waals surface area (Å²) >= 11 is 4.64. The molecule has 0 spiro atoms. The first-order valence-electron chi connectivity index (χ1n) is 2.12. The fraction of sp³-hybridized carbons (Fsp3) is 0.400. The molecule has 2 nitrogen and oxygen atoms in total. The summed E-state index contributed by atoms with van der Waals surface area (Å²) in [5.74, 6) is 3.93. The molecular formula is C5H5ClO2. The zero-order valence-electron chi connectivity index (χ0n) is 4.40. The summed E-state index contributed by atoms with van der Waals surface area (Å²) in [5.41, 5.74) is 0. The van der Waals surface area contributed by atoms with E-state index in [-0.39, 0.29) is 0 Å². The molecule has 0 unspecified atom stereocenters. The Bertz CT molecular complexity index is 131. The Morgan fingerprint density at radius 3 is 2.88 bits per heavy atom. The van der Waals surface area contributed by atoms with Crippen molar-refractivity contribution in [2.75, 3.05) is 0 Å². The van der Waals surface area contributed by atoms with Crippen molar-refractivity contribution in [1.82, 2.24) is 0 Å². The monoisotopic (exact) mass is 132 g/mol. The van der Waals surface area contributed by atoms with E-state index in [0.29, 0.717) is 6.42 Å². The van der Waals surface area contributed by atoms with E-state index in [1.807, 2.05) is 6.92 Å². The highest BCUT2D eigenvalue weighted by Crippen LogP contribution is 1.79. The van der Waals surface area contributed by atoms with Crippen molar-refractivity contribution in [3.63, 3.8) is 0 Å². The molecule has 0 aromatic rings. The molecule has 0 aliphatic heterocycles. The Hall–Kier alpha value is -0.680. The van der Waals surface area contributed by atoms with Crippen LogP contribution >= 0.6 is 11.9 Å². The molecular weight excluding hydrogens is 128 g/mol. The first-order chi connectivity index (χ1) is 3.81. The molecule has 0 rings (SSSR count). The maximum atomic E-state index is 10.0. The minimum absolute atomic E-state index is 0.631. The van der Waals surface area contributed by atoms with Crippen LogP contribution in [-0.2, 0) is 9.08 Å². The molecule has 0 atom stereocenters. The van der Waals surface area contributed by atoms with Gasteiger partial charge in [-0.1, -0.05) is 12.8 Å². The second-order valence-electron chi connectivity index (χ2n) is 1.02. The smallest absolute Gasteiger partial charge is 0.337 e. The lowest BCUT2D eigenvalue weighted by molar-refractivity contribution is -0.127. The maximum absolute atomic E-state index is 10.0. The highest BCUT2D eigenvalue weighted by molar-refractivity contribution is 6.15. The summed E-state index contributed by atoms with van der Waals surface area (Å²) < 4.78 is 3.71. The van der Waals surface area contributed by atoms with Gasteiger partial charge in [-0.05, 0) is 0 Å². The van der Waals surface area contributed by atoms with E-state index >= 15 is 0 Å². The van der Waals surface area contributed by atoms with E-state index in [1.165, 1.54) is 0 Å². The average Bonchev–Trinajstić information content (AvgIpc) is 1.83. The van der Waals surface area contributed by atoms with Gasteiger partial charge in [-0.15, -0.1) is 0 Å². The molecule has 0 amide bonds. The van der Waals surface area contributed by atoms with Gasteiger partial charge in [0, 0.05) is 12.3 Å². The van der Waals surface area contributed by atoms with E-state index in [1.54, 1.807) is 0 Å². The first kappa shape index (κ1) is 7.32. The SMILES string of the molecule is CCC#CC(=O)OCl. The van der Waals surface area contributed by atoms with Crippen LogP contribution in [0.5, 0.6) is 0 Å². The Labute approximate surface area is 52.9 Å². The predicted molar refractivity (Wildman–Crippen MR) is 30.0 cm³/mol. The molecule has 0 radical (unpaired) electrons. The number of hydrogen-bond donors (Lipinski definition) is 0. The largest absolute Gasteiger partial charge is 0.402 e. The van der Waals surface area contributed by atoms with Crippen LogP contribution < -0.4 is 0 Å². The molecule has 0 aromatic carbocycles. The molecule has 0 N–H and O–H groups in total. The standard InChI is InChI=1S/C5H5ClO2/c1-2-3-4-5(7)8-6/h2H2,1H3. The van der Waals surface area contributed by atoms with Gasteiger partial charge in [-0.25, -0.2) is 4.79 Å². The van der Waals surface area contributed by atoms with Gasteiger partial charge in [-0.3, -0.25) is 0 Å². The number of rotatable bonds is 0. The molecule has 0 aromatic heterocycles. The second kappa shape index (κ2) is 4.48. The molecule has 0 saturated carbocycles. The molecule has 0 heterocycles. The zero-order chi connectivity index (χ0) is 6.41. The quantitative estimate of drug-likeness (QED) is 0.462. The van der Waals surface area contributed by atoms with Crippen molar-refractivity contribution in [3.8, 4) is 11.8 Å². The second-order valence-corrected chi connectivity index (χ2v) is 1.17. The van der Waals surface area contributed by atoms with E-state index in [9.17, 15) is 4.79 Å². The summed E-state index contributed by atoms with van der Waals surface area (Å²) in [5, 5.41) is 0. The van der Waals surface area contributed by atoms with Crippen molar-refractivity contribution in [2.45, 2.75) is 13.3 Å². The molecule has 44 valence electrons. The van der Waals surface area contributed by atoms with Gasteiger partial charge < -0.3 is 4.29 Å². The maximum Gasteiger partial charge on any atom is 0.402 e. The van der Waals surface area contributed by atoms with Crippen molar-refractivity contribution in [3.05, 3.63) is 0 Å². The third-order valence-electron chi connectivity index (χ3n) is 0.437. The zero-order valence-corrected chi connectivity index (χ0v) is 5.16. The number of halogens is 1. The summed E-state index contributed by atoms with van der Waals surface area (Å²) in [6.45, 7) is 1.83. The van der Waals surface area contributed by atoms with Crippen LogP contribution in [0.25, 0.3) is 0 Å². The van der Waals surface area contributed by atoms with Gasteiger partial charge in [0.1, 0.15) is 11.9 Å². The fourth-order valence-electron chi connectivity index (χ4n) is 0.180. The van der Waals surface area contributed by atoms with Crippen molar-refractivity contribution >= 4 is 17.8 Å². The summed E-state index contributed by atoms with van der Waals surface area (Å²) in [7, 11) is 0. The summed E-state index contributed by atoms with van der Waals surface area (Å²) in [6, 6.07) is 0. The lowest BCUT2D eigenvalue weighted by Crippen LogP contribution is -1.88. The molecule has 0 fully saturated rings. The topological polar surface area (TPSA) is 26.3 Å². The molecule has 0 aliphatic carbocycles. The lowest BCUT2D eigenvalue weighted by Gasteiger charge is -1.76. The Balaban J connectivity index is 3.52. The van der Waals surface area contributed by atoms with E-state index in [4.69, 9.17) is 0 Å². The van der Waals surface area contributed by atoms with Gasteiger partial charge in [-0.2, -0.15) is 0 Å². The molecule has 8 heavy (non-hydrogen) atoms. The number of carbonyl (C=O) groups is 1. The van der Waals surface area contributed by atoms with Crippen LogP contribution in [0.2, 0.25) is 0 Å². The van der Waals surface area contributed by atoms with E-state index < -0.39 is 5.97 Å². The highest BCUT2D eigenvalue weighted by Gasteiger charge is 1.88. The Kier molecular flexibility index (Phi) is 4.10. The Morgan fingerprint density at radius 2 is 2.50 bits per heavy atom. The Morgan fingerprint density at radius 1 is 1.88 bits per heavy atom. The third kappa shape index (κ3) is 3.51. The number of carbonyl (C=O) groups excluding carboxylic acids is 1. The van der Waals surface area contributed by atoms with Gasteiger partial charge in [0.05, 0.1) is 0 Å². The normalized spacial score (nSPS) is 6.75. The van der Waals surface area contributed by atoms with Crippen LogP contribution in [0.4, 0.5) is 0 Å². The van der Waals surface area contributed by atoms with Crippen molar-refractivity contribution < 1.29 is 9.08 Å². The highest BCUT2D eigenvalue weighted by atomic mass is 35.5. The molecule has 0 saturated heterocycles. The van der Waals surface area contributed by atoms with Crippen LogP contribution in [0.15, 0.2) is 0 Å². The molecule has 0 aliphatic rings. The predicted octanol–water partition coefficient (Wildman–Crippen LogP) is 1.10. The van der Waals surface area contributed by atoms with Crippen LogP contribution in [0.1, 0.15) is 13.3 Å². The van der Waals surface area contributed by atoms with Gasteiger partial charge in [0.15, 0.2) is 0 Å². The van der Waals surface area contributed by atoms with Gasteiger partial charge >= 0.3 is 5.97 Å².